The van der Waals surface area contributed by atoms with Gasteiger partial charge < -0.3 is 14.2 Å². The Morgan fingerprint density at radius 2 is 0.559 bits per heavy atom. The number of ether oxygens (including phenoxy) is 3. The van der Waals surface area contributed by atoms with Crippen LogP contribution in [-0.4, -0.2) is 37.2 Å². The highest BCUT2D eigenvalue weighted by atomic mass is 16.6. The van der Waals surface area contributed by atoms with E-state index in [-0.39, 0.29) is 31.1 Å². The molecule has 0 aliphatic carbocycles. The lowest BCUT2D eigenvalue weighted by atomic mass is 10.0. The number of esters is 3. The van der Waals surface area contributed by atoms with Crippen LogP contribution in [-0.2, 0) is 28.6 Å². The number of unbranched alkanes of at least 4 members (excludes halogenated alkanes) is 35. The first-order chi connectivity index (χ1) is 28.9. The lowest BCUT2D eigenvalue weighted by Gasteiger charge is -2.18. The second-order valence-corrected chi connectivity index (χ2v) is 18.6. The van der Waals surface area contributed by atoms with E-state index in [1.165, 1.54) is 193 Å². The van der Waals surface area contributed by atoms with E-state index in [9.17, 15) is 14.4 Å². The largest absolute Gasteiger partial charge is 0.462 e. The van der Waals surface area contributed by atoms with Crippen molar-refractivity contribution < 1.29 is 28.6 Å². The quantitative estimate of drug-likeness (QED) is 0.0345. The standard InChI is InChI=1S/C53H102O6/c1-5-7-9-11-13-15-17-18-19-22-26-30-34-38-42-46-53(56)59-50(47-57-51(54)44-40-36-32-28-16-14-12-10-8-6-2)48-58-52(55)45-41-37-33-29-25-23-20-21-24-27-31-35-39-43-49(3)4/h49-50H,5-48H2,1-4H3/t50-/m0/s1. The molecular formula is C53H102O6. The molecule has 0 unspecified atom stereocenters. The fourth-order valence-electron chi connectivity index (χ4n) is 8.04. The van der Waals surface area contributed by atoms with Gasteiger partial charge in [-0.2, -0.15) is 0 Å². The maximum atomic E-state index is 12.8. The van der Waals surface area contributed by atoms with Crippen molar-refractivity contribution in [2.24, 2.45) is 5.92 Å². The molecule has 59 heavy (non-hydrogen) atoms. The van der Waals surface area contributed by atoms with Crippen LogP contribution in [0.2, 0.25) is 0 Å². The summed E-state index contributed by atoms with van der Waals surface area (Å²) in [5.41, 5.74) is 0. The van der Waals surface area contributed by atoms with Crippen LogP contribution in [0.25, 0.3) is 0 Å². The highest BCUT2D eigenvalue weighted by Gasteiger charge is 2.19. The Morgan fingerprint density at radius 3 is 0.831 bits per heavy atom. The van der Waals surface area contributed by atoms with E-state index in [0.717, 1.165) is 63.7 Å². The zero-order valence-electron chi connectivity index (χ0n) is 40.2. The van der Waals surface area contributed by atoms with Gasteiger partial charge in [0, 0.05) is 19.3 Å². The van der Waals surface area contributed by atoms with Gasteiger partial charge in [0.1, 0.15) is 13.2 Å². The molecule has 0 aliphatic heterocycles. The molecule has 0 aliphatic rings. The van der Waals surface area contributed by atoms with Crippen molar-refractivity contribution in [2.45, 2.75) is 303 Å². The minimum Gasteiger partial charge on any atom is -0.462 e. The van der Waals surface area contributed by atoms with E-state index in [0.29, 0.717) is 19.3 Å². The average Bonchev–Trinajstić information content (AvgIpc) is 3.22. The van der Waals surface area contributed by atoms with Crippen LogP contribution in [0.4, 0.5) is 0 Å². The maximum absolute atomic E-state index is 12.8. The minimum absolute atomic E-state index is 0.0626. The molecule has 0 fully saturated rings. The van der Waals surface area contributed by atoms with Crippen LogP contribution < -0.4 is 0 Å². The molecule has 6 nitrogen and oxygen atoms in total. The van der Waals surface area contributed by atoms with E-state index >= 15 is 0 Å². The molecule has 350 valence electrons. The van der Waals surface area contributed by atoms with Gasteiger partial charge in [-0.05, 0) is 25.2 Å². The Morgan fingerprint density at radius 1 is 0.322 bits per heavy atom. The molecular weight excluding hydrogens is 733 g/mol. The van der Waals surface area contributed by atoms with Gasteiger partial charge in [-0.15, -0.1) is 0 Å². The Kier molecular flexibility index (Phi) is 46.2. The molecule has 0 N–H and O–H groups in total. The third-order valence-corrected chi connectivity index (χ3v) is 12.0. The van der Waals surface area contributed by atoms with Crippen molar-refractivity contribution in [2.75, 3.05) is 13.2 Å². The van der Waals surface area contributed by atoms with Crippen LogP contribution in [0, 0.1) is 5.92 Å². The van der Waals surface area contributed by atoms with Gasteiger partial charge in [-0.25, -0.2) is 0 Å². The first-order valence-corrected chi connectivity index (χ1v) is 26.4. The topological polar surface area (TPSA) is 78.9 Å². The van der Waals surface area contributed by atoms with Crippen molar-refractivity contribution in [1.29, 1.82) is 0 Å². The van der Waals surface area contributed by atoms with Gasteiger partial charge in [-0.1, -0.05) is 259 Å². The second kappa shape index (κ2) is 47.5. The van der Waals surface area contributed by atoms with Crippen molar-refractivity contribution in [3.05, 3.63) is 0 Å². The summed E-state index contributed by atoms with van der Waals surface area (Å²) in [6.07, 6.45) is 49.4. The average molecular weight is 835 g/mol. The molecule has 0 saturated carbocycles. The summed E-state index contributed by atoms with van der Waals surface area (Å²) in [6.45, 7) is 9.03. The number of hydrogen-bond acceptors (Lipinski definition) is 6. The molecule has 0 amide bonds. The summed E-state index contributed by atoms with van der Waals surface area (Å²) in [7, 11) is 0. The maximum Gasteiger partial charge on any atom is 0.306 e. The van der Waals surface area contributed by atoms with E-state index in [1.807, 2.05) is 0 Å². The number of hydrogen-bond donors (Lipinski definition) is 0. The van der Waals surface area contributed by atoms with Gasteiger partial charge in [0.25, 0.3) is 0 Å². The lowest BCUT2D eigenvalue weighted by Crippen LogP contribution is -2.30. The number of carbonyl (C=O) groups excluding carboxylic acids is 3. The molecule has 0 spiro atoms. The highest BCUT2D eigenvalue weighted by Crippen LogP contribution is 2.17. The summed E-state index contributed by atoms with van der Waals surface area (Å²) >= 11 is 0. The van der Waals surface area contributed by atoms with E-state index in [2.05, 4.69) is 27.7 Å². The lowest BCUT2D eigenvalue weighted by molar-refractivity contribution is -0.167. The van der Waals surface area contributed by atoms with Crippen molar-refractivity contribution in [1.82, 2.24) is 0 Å². The summed E-state index contributed by atoms with van der Waals surface area (Å²) in [6, 6.07) is 0. The van der Waals surface area contributed by atoms with Crippen LogP contribution in [0.15, 0.2) is 0 Å². The molecule has 0 bridgehead atoms. The van der Waals surface area contributed by atoms with Crippen molar-refractivity contribution >= 4 is 17.9 Å². The molecule has 0 aromatic carbocycles. The summed E-state index contributed by atoms with van der Waals surface area (Å²) < 4.78 is 16.8. The fourth-order valence-corrected chi connectivity index (χ4v) is 8.04. The molecule has 0 heterocycles. The Balaban J connectivity index is 4.27. The van der Waals surface area contributed by atoms with Crippen LogP contribution >= 0.6 is 0 Å². The molecule has 0 aromatic heterocycles. The third kappa shape index (κ3) is 47.3. The normalized spacial score (nSPS) is 11.9. The molecule has 0 rings (SSSR count). The zero-order valence-corrected chi connectivity index (χ0v) is 40.2. The molecule has 0 aromatic rings. The van der Waals surface area contributed by atoms with Crippen LogP contribution in [0.3, 0.4) is 0 Å². The summed E-state index contributed by atoms with van der Waals surface area (Å²) in [5.74, 6) is -0.00391. The van der Waals surface area contributed by atoms with Crippen LogP contribution in [0.1, 0.15) is 297 Å². The van der Waals surface area contributed by atoms with Gasteiger partial charge in [0.05, 0.1) is 0 Å². The first kappa shape index (κ1) is 57.4. The predicted molar refractivity (Wildman–Crippen MR) is 252 cm³/mol. The van der Waals surface area contributed by atoms with Gasteiger partial charge >= 0.3 is 17.9 Å². The molecule has 1 atom stereocenters. The van der Waals surface area contributed by atoms with Gasteiger partial charge in [0.2, 0.25) is 0 Å². The number of rotatable bonds is 48. The predicted octanol–water partition coefficient (Wildman–Crippen LogP) is 17.1. The fraction of sp³-hybridized carbons (Fsp3) is 0.943. The molecule has 0 saturated heterocycles. The van der Waals surface area contributed by atoms with Gasteiger partial charge in [0.15, 0.2) is 6.10 Å². The highest BCUT2D eigenvalue weighted by molar-refractivity contribution is 5.71. The number of carbonyl (C=O) groups is 3. The third-order valence-electron chi connectivity index (χ3n) is 12.0. The smallest absolute Gasteiger partial charge is 0.306 e. The van der Waals surface area contributed by atoms with E-state index in [1.54, 1.807) is 0 Å². The Hall–Kier alpha value is -1.59. The van der Waals surface area contributed by atoms with Crippen LogP contribution in [0.5, 0.6) is 0 Å². The Bertz CT molecular complexity index is 887. The monoisotopic (exact) mass is 835 g/mol. The second-order valence-electron chi connectivity index (χ2n) is 18.6. The Labute approximate surface area is 368 Å². The zero-order chi connectivity index (χ0) is 43.1. The summed E-state index contributed by atoms with van der Waals surface area (Å²) in [4.78, 5) is 37.9. The molecule has 6 heteroatoms. The first-order valence-electron chi connectivity index (χ1n) is 26.4. The molecule has 0 radical (unpaired) electrons. The van der Waals surface area contributed by atoms with E-state index < -0.39 is 6.10 Å². The van der Waals surface area contributed by atoms with Crippen molar-refractivity contribution in [3.8, 4) is 0 Å². The van der Waals surface area contributed by atoms with Gasteiger partial charge in [-0.3, -0.25) is 14.4 Å². The minimum atomic E-state index is -0.760. The van der Waals surface area contributed by atoms with E-state index in [4.69, 9.17) is 14.2 Å². The van der Waals surface area contributed by atoms with Crippen molar-refractivity contribution in [3.63, 3.8) is 0 Å². The SMILES string of the molecule is CCCCCCCCCCCCCCCCCC(=O)O[C@@H](COC(=O)CCCCCCCCCCCC)COC(=O)CCCCCCCCCCCCCCCC(C)C. The summed E-state index contributed by atoms with van der Waals surface area (Å²) in [5, 5.41) is 0.